The summed E-state index contributed by atoms with van der Waals surface area (Å²) >= 11 is 3.45. The predicted octanol–water partition coefficient (Wildman–Crippen LogP) is 3.84. The van der Waals surface area contributed by atoms with E-state index in [9.17, 15) is 4.79 Å². The highest BCUT2D eigenvalue weighted by molar-refractivity contribution is 9.10. The van der Waals surface area contributed by atoms with Crippen molar-refractivity contribution in [2.75, 3.05) is 5.32 Å². The monoisotopic (exact) mass is 436 g/mol. The van der Waals surface area contributed by atoms with Gasteiger partial charge >= 0.3 is 0 Å². The van der Waals surface area contributed by atoms with E-state index < -0.39 is 0 Å². The number of halogens is 1. The molecular formula is C20H17BrN6O. The second-order valence-electron chi connectivity index (χ2n) is 6.27. The molecule has 0 aliphatic carbocycles. The third-order valence-electron chi connectivity index (χ3n) is 4.12. The third kappa shape index (κ3) is 4.01. The zero-order chi connectivity index (χ0) is 19.5. The maximum Gasteiger partial charge on any atom is 0.278 e. The van der Waals surface area contributed by atoms with Crippen molar-refractivity contribution in [1.29, 1.82) is 0 Å². The Kier molecular flexibility index (Phi) is 5.03. The van der Waals surface area contributed by atoms with E-state index in [-0.39, 0.29) is 11.9 Å². The van der Waals surface area contributed by atoms with E-state index in [4.69, 9.17) is 0 Å². The quantitative estimate of drug-likeness (QED) is 0.515. The number of carbonyl (C=O) groups excluding carboxylic acids is 1. The number of amides is 1. The van der Waals surface area contributed by atoms with Crippen LogP contribution in [0, 0.1) is 6.92 Å². The molecule has 0 bridgehead atoms. The van der Waals surface area contributed by atoms with Crippen LogP contribution in [0.4, 0.5) is 5.95 Å². The van der Waals surface area contributed by atoms with Crippen molar-refractivity contribution in [3.63, 3.8) is 0 Å². The van der Waals surface area contributed by atoms with Crippen LogP contribution < -0.4 is 5.32 Å². The molecular weight excluding hydrogens is 420 g/mol. The van der Waals surface area contributed by atoms with Crippen LogP contribution in [0.1, 0.15) is 21.7 Å². The highest BCUT2D eigenvalue weighted by Gasteiger charge is 2.15. The van der Waals surface area contributed by atoms with Gasteiger partial charge < -0.3 is 0 Å². The Balaban J connectivity index is 1.47. The van der Waals surface area contributed by atoms with Crippen molar-refractivity contribution < 1.29 is 4.79 Å². The molecule has 4 rings (SSSR count). The molecule has 140 valence electrons. The van der Waals surface area contributed by atoms with E-state index in [0.717, 1.165) is 21.4 Å². The Morgan fingerprint density at radius 1 is 1.07 bits per heavy atom. The fourth-order valence-electron chi connectivity index (χ4n) is 2.83. The highest BCUT2D eigenvalue weighted by atomic mass is 79.9. The van der Waals surface area contributed by atoms with Gasteiger partial charge in [0.1, 0.15) is 6.33 Å². The van der Waals surface area contributed by atoms with Crippen LogP contribution in [0.3, 0.4) is 0 Å². The van der Waals surface area contributed by atoms with Gasteiger partial charge in [0.05, 0.1) is 12.2 Å². The minimum atomic E-state index is -0.349. The Bertz CT molecular complexity index is 1120. The van der Waals surface area contributed by atoms with E-state index >= 15 is 0 Å². The van der Waals surface area contributed by atoms with Crippen molar-refractivity contribution in [3.05, 3.63) is 88.4 Å². The van der Waals surface area contributed by atoms with Gasteiger partial charge in [0.25, 0.3) is 5.91 Å². The number of para-hydroxylation sites is 1. The molecule has 1 N–H and O–H groups in total. The van der Waals surface area contributed by atoms with Gasteiger partial charge in [-0.3, -0.25) is 10.1 Å². The average molecular weight is 437 g/mol. The summed E-state index contributed by atoms with van der Waals surface area (Å²) in [5.74, 6) is -0.107. The van der Waals surface area contributed by atoms with E-state index in [1.54, 1.807) is 21.8 Å². The number of carbonyl (C=O) groups is 1. The highest BCUT2D eigenvalue weighted by Crippen LogP contribution is 2.14. The molecule has 0 radical (unpaired) electrons. The second kappa shape index (κ2) is 7.77. The molecule has 0 spiro atoms. The number of aromatic nitrogens is 5. The van der Waals surface area contributed by atoms with Crippen LogP contribution >= 0.6 is 15.9 Å². The van der Waals surface area contributed by atoms with Gasteiger partial charge in [0, 0.05) is 10.2 Å². The van der Waals surface area contributed by atoms with Crippen LogP contribution in [-0.2, 0) is 6.54 Å². The summed E-state index contributed by atoms with van der Waals surface area (Å²) in [7, 11) is 0. The number of rotatable bonds is 5. The van der Waals surface area contributed by atoms with E-state index in [1.807, 2.05) is 61.5 Å². The number of nitrogens with zero attached hydrogens (tertiary/aromatic N) is 5. The van der Waals surface area contributed by atoms with E-state index in [1.165, 1.54) is 0 Å². The molecule has 28 heavy (non-hydrogen) atoms. The van der Waals surface area contributed by atoms with Crippen LogP contribution in [0.2, 0.25) is 0 Å². The number of aryl methyl sites for hydroxylation is 1. The molecule has 4 aromatic rings. The molecule has 0 unspecified atom stereocenters. The molecule has 2 aromatic heterocycles. The summed E-state index contributed by atoms with van der Waals surface area (Å²) in [4.78, 5) is 16.7. The molecule has 8 heteroatoms. The van der Waals surface area contributed by atoms with Crippen molar-refractivity contribution in [2.45, 2.75) is 13.5 Å². The van der Waals surface area contributed by atoms with Crippen LogP contribution in [0.5, 0.6) is 0 Å². The molecule has 2 aromatic carbocycles. The van der Waals surface area contributed by atoms with Crippen molar-refractivity contribution >= 4 is 27.8 Å². The first-order valence-electron chi connectivity index (χ1n) is 8.66. The van der Waals surface area contributed by atoms with Gasteiger partial charge in [-0.1, -0.05) is 46.3 Å². The molecule has 2 heterocycles. The van der Waals surface area contributed by atoms with Gasteiger partial charge in [0.2, 0.25) is 5.95 Å². The first-order chi connectivity index (χ1) is 13.6. The normalized spacial score (nSPS) is 10.8. The number of hydrogen-bond acceptors (Lipinski definition) is 4. The number of hydrogen-bond donors (Lipinski definition) is 1. The maximum absolute atomic E-state index is 12.5. The fraction of sp³-hybridized carbons (Fsp3) is 0.100. The zero-order valence-corrected chi connectivity index (χ0v) is 16.7. The zero-order valence-electron chi connectivity index (χ0n) is 15.1. The Morgan fingerprint density at radius 2 is 1.89 bits per heavy atom. The standard InChI is InChI=1S/C20H17BrN6O/c1-14-10-18(24-27(14)17-8-3-2-4-9-17)19(28)23-20-22-13-26(25-20)12-15-6-5-7-16(21)11-15/h2-11,13H,12H2,1H3,(H,23,25,28). The number of nitrogens with one attached hydrogen (secondary N) is 1. The summed E-state index contributed by atoms with van der Waals surface area (Å²) in [6.45, 7) is 2.46. The lowest BCUT2D eigenvalue weighted by Gasteiger charge is -2.03. The Morgan fingerprint density at radius 3 is 2.68 bits per heavy atom. The summed E-state index contributed by atoms with van der Waals surface area (Å²) in [5, 5.41) is 11.4. The smallest absolute Gasteiger partial charge is 0.278 e. The van der Waals surface area contributed by atoms with E-state index in [0.29, 0.717) is 12.2 Å². The van der Waals surface area contributed by atoms with Crippen LogP contribution in [-0.4, -0.2) is 30.5 Å². The molecule has 1 amide bonds. The topological polar surface area (TPSA) is 77.6 Å². The third-order valence-corrected chi connectivity index (χ3v) is 4.61. The average Bonchev–Trinajstić information content (AvgIpc) is 3.29. The lowest BCUT2D eigenvalue weighted by Crippen LogP contribution is -2.14. The van der Waals surface area contributed by atoms with Gasteiger partial charge in [0.15, 0.2) is 5.69 Å². The summed E-state index contributed by atoms with van der Waals surface area (Å²) < 4.78 is 4.40. The van der Waals surface area contributed by atoms with Crippen molar-refractivity contribution in [2.24, 2.45) is 0 Å². The van der Waals surface area contributed by atoms with Crippen molar-refractivity contribution in [3.8, 4) is 5.69 Å². The van der Waals surface area contributed by atoms with Crippen molar-refractivity contribution in [1.82, 2.24) is 24.5 Å². The van der Waals surface area contributed by atoms with Crippen LogP contribution in [0.25, 0.3) is 5.69 Å². The first-order valence-corrected chi connectivity index (χ1v) is 9.45. The minimum absolute atomic E-state index is 0.243. The molecule has 7 nitrogen and oxygen atoms in total. The fourth-order valence-corrected chi connectivity index (χ4v) is 3.28. The first kappa shape index (κ1) is 18.1. The molecule has 0 atom stereocenters. The summed E-state index contributed by atoms with van der Waals surface area (Å²) in [6, 6.07) is 19.3. The van der Waals surface area contributed by atoms with Crippen LogP contribution in [0.15, 0.2) is 71.5 Å². The molecule has 0 aliphatic rings. The molecule has 0 saturated carbocycles. The Labute approximate surface area is 170 Å². The SMILES string of the molecule is Cc1cc(C(=O)Nc2ncn(Cc3cccc(Br)c3)n2)nn1-c1ccccc1. The predicted molar refractivity (Wildman–Crippen MR) is 110 cm³/mol. The van der Waals surface area contributed by atoms with Gasteiger partial charge in [-0.15, -0.1) is 5.10 Å². The molecule has 0 saturated heterocycles. The summed E-state index contributed by atoms with van der Waals surface area (Å²) in [6.07, 6.45) is 1.59. The largest absolute Gasteiger partial charge is 0.288 e. The lowest BCUT2D eigenvalue weighted by atomic mass is 10.2. The van der Waals surface area contributed by atoms with E-state index in [2.05, 4.69) is 36.4 Å². The maximum atomic E-state index is 12.5. The number of benzene rings is 2. The number of anilines is 1. The van der Waals surface area contributed by atoms with Gasteiger partial charge in [-0.25, -0.2) is 14.3 Å². The molecule has 0 aliphatic heterocycles. The van der Waals surface area contributed by atoms with Gasteiger partial charge in [-0.05, 0) is 42.8 Å². The lowest BCUT2D eigenvalue weighted by molar-refractivity contribution is 0.102. The summed E-state index contributed by atoms with van der Waals surface area (Å²) in [5.41, 5.74) is 3.15. The second-order valence-corrected chi connectivity index (χ2v) is 7.18. The van der Waals surface area contributed by atoms with Gasteiger partial charge in [-0.2, -0.15) is 5.10 Å². The minimum Gasteiger partial charge on any atom is -0.288 e. The molecule has 0 fully saturated rings. The Hall–Kier alpha value is -3.26.